The second kappa shape index (κ2) is 8.27. The van der Waals surface area contributed by atoms with Gasteiger partial charge in [-0.25, -0.2) is 4.79 Å². The molecule has 20 heavy (non-hydrogen) atoms. The van der Waals surface area contributed by atoms with Gasteiger partial charge in [0.05, 0.1) is 13.2 Å². The average Bonchev–Trinajstić information content (AvgIpc) is 2.99. The molecule has 2 saturated heterocycles. The summed E-state index contributed by atoms with van der Waals surface area (Å²) in [6, 6.07) is 0. The molecule has 0 saturated carbocycles. The molecular formula is C15H25NO4. The normalized spacial score (nSPS) is 23.9. The van der Waals surface area contributed by atoms with Crippen molar-refractivity contribution in [1.82, 2.24) is 4.90 Å². The number of carbonyl (C=O) groups is 1. The first-order chi connectivity index (χ1) is 9.79. The van der Waals surface area contributed by atoms with Gasteiger partial charge < -0.3 is 19.1 Å². The molecule has 2 rings (SSSR count). The first-order valence-electron chi connectivity index (χ1n) is 7.65. The lowest BCUT2D eigenvalue weighted by Crippen LogP contribution is -2.28. The maximum Gasteiger partial charge on any atom is 0.332 e. The fraction of sp³-hybridized carbons (Fsp3) is 0.800. The number of carbonyl (C=O) groups excluding carboxylic acids is 1. The van der Waals surface area contributed by atoms with Gasteiger partial charge in [-0.05, 0) is 39.0 Å². The van der Waals surface area contributed by atoms with Crippen molar-refractivity contribution in [3.63, 3.8) is 0 Å². The molecule has 1 unspecified atom stereocenters. The van der Waals surface area contributed by atoms with E-state index in [1.54, 1.807) is 6.08 Å². The third kappa shape index (κ3) is 4.80. The molecule has 0 aliphatic carbocycles. The SMILES string of the molecule is CCOC(=O)C=C(COC1CCCCO1)N1CCCC1. The van der Waals surface area contributed by atoms with Gasteiger partial charge >= 0.3 is 5.97 Å². The Morgan fingerprint density at radius 3 is 2.75 bits per heavy atom. The van der Waals surface area contributed by atoms with Crippen LogP contribution in [0.15, 0.2) is 11.8 Å². The van der Waals surface area contributed by atoms with Crippen LogP contribution in [0.5, 0.6) is 0 Å². The minimum atomic E-state index is -0.289. The van der Waals surface area contributed by atoms with Crippen molar-refractivity contribution in [1.29, 1.82) is 0 Å². The Balaban J connectivity index is 1.89. The van der Waals surface area contributed by atoms with Gasteiger partial charge in [0.1, 0.15) is 0 Å². The van der Waals surface area contributed by atoms with Gasteiger partial charge in [0.25, 0.3) is 0 Å². The molecule has 114 valence electrons. The van der Waals surface area contributed by atoms with E-state index in [1.807, 2.05) is 6.92 Å². The summed E-state index contributed by atoms with van der Waals surface area (Å²) in [5.41, 5.74) is 0.912. The summed E-state index contributed by atoms with van der Waals surface area (Å²) in [6.07, 6.45) is 6.96. The van der Waals surface area contributed by atoms with Crippen molar-refractivity contribution in [2.45, 2.75) is 45.3 Å². The van der Waals surface area contributed by atoms with Crippen LogP contribution in [0.4, 0.5) is 0 Å². The molecule has 2 aliphatic rings. The van der Waals surface area contributed by atoms with Gasteiger partial charge in [-0.3, -0.25) is 0 Å². The predicted molar refractivity (Wildman–Crippen MR) is 75.1 cm³/mol. The van der Waals surface area contributed by atoms with Crippen molar-refractivity contribution < 1.29 is 19.0 Å². The van der Waals surface area contributed by atoms with Crippen molar-refractivity contribution in [3.8, 4) is 0 Å². The van der Waals surface area contributed by atoms with Crippen LogP contribution in [0, 0.1) is 0 Å². The highest BCUT2D eigenvalue weighted by Gasteiger charge is 2.20. The molecule has 5 heteroatoms. The summed E-state index contributed by atoms with van der Waals surface area (Å²) in [5, 5.41) is 0. The zero-order chi connectivity index (χ0) is 14.2. The number of hydrogen-bond donors (Lipinski definition) is 0. The van der Waals surface area contributed by atoms with Gasteiger partial charge in [0, 0.05) is 31.5 Å². The molecular weight excluding hydrogens is 258 g/mol. The maximum absolute atomic E-state index is 11.6. The molecule has 0 spiro atoms. The van der Waals surface area contributed by atoms with E-state index in [2.05, 4.69) is 4.90 Å². The van der Waals surface area contributed by atoms with E-state index in [-0.39, 0.29) is 12.3 Å². The molecule has 5 nitrogen and oxygen atoms in total. The third-order valence-electron chi connectivity index (χ3n) is 3.64. The maximum atomic E-state index is 11.6. The highest BCUT2D eigenvalue weighted by Crippen LogP contribution is 2.18. The lowest BCUT2D eigenvalue weighted by molar-refractivity contribution is -0.159. The number of ether oxygens (including phenoxy) is 3. The first-order valence-corrected chi connectivity index (χ1v) is 7.65. The molecule has 0 aromatic rings. The van der Waals surface area contributed by atoms with Gasteiger partial charge in [-0.15, -0.1) is 0 Å². The van der Waals surface area contributed by atoms with Crippen LogP contribution in [0.1, 0.15) is 39.0 Å². The Labute approximate surface area is 120 Å². The van der Waals surface area contributed by atoms with E-state index in [0.29, 0.717) is 13.2 Å². The summed E-state index contributed by atoms with van der Waals surface area (Å²) in [5.74, 6) is -0.289. The quantitative estimate of drug-likeness (QED) is 0.552. The minimum Gasteiger partial charge on any atom is -0.463 e. The number of nitrogens with zero attached hydrogens (tertiary/aromatic N) is 1. The molecule has 0 amide bonds. The average molecular weight is 283 g/mol. The molecule has 2 aliphatic heterocycles. The van der Waals surface area contributed by atoms with Crippen LogP contribution in [0.2, 0.25) is 0 Å². The summed E-state index contributed by atoms with van der Waals surface area (Å²) < 4.78 is 16.4. The molecule has 0 bridgehead atoms. The van der Waals surface area contributed by atoms with E-state index in [9.17, 15) is 4.79 Å². The molecule has 0 N–H and O–H groups in total. The molecule has 2 fully saturated rings. The monoisotopic (exact) mass is 283 g/mol. The zero-order valence-corrected chi connectivity index (χ0v) is 12.3. The van der Waals surface area contributed by atoms with E-state index in [1.165, 1.54) is 12.8 Å². The second-order valence-electron chi connectivity index (χ2n) is 5.19. The van der Waals surface area contributed by atoms with Crippen LogP contribution in [0.25, 0.3) is 0 Å². The minimum absolute atomic E-state index is 0.128. The Kier molecular flexibility index (Phi) is 6.33. The van der Waals surface area contributed by atoms with Gasteiger partial charge in [-0.1, -0.05) is 0 Å². The lowest BCUT2D eigenvalue weighted by Gasteiger charge is -2.26. The van der Waals surface area contributed by atoms with E-state index < -0.39 is 0 Å². The van der Waals surface area contributed by atoms with Gasteiger partial charge in [0.2, 0.25) is 0 Å². The van der Waals surface area contributed by atoms with Crippen molar-refractivity contribution in [2.24, 2.45) is 0 Å². The van der Waals surface area contributed by atoms with Crippen molar-refractivity contribution in [3.05, 3.63) is 11.8 Å². The number of rotatable bonds is 6. The Bertz CT molecular complexity index is 331. The van der Waals surface area contributed by atoms with Gasteiger partial charge in [0.15, 0.2) is 6.29 Å². The highest BCUT2D eigenvalue weighted by molar-refractivity contribution is 5.82. The van der Waals surface area contributed by atoms with Crippen molar-refractivity contribution in [2.75, 3.05) is 32.9 Å². The summed E-state index contributed by atoms with van der Waals surface area (Å²) in [4.78, 5) is 13.9. The largest absolute Gasteiger partial charge is 0.463 e. The second-order valence-corrected chi connectivity index (χ2v) is 5.19. The smallest absolute Gasteiger partial charge is 0.332 e. The topological polar surface area (TPSA) is 48.0 Å². The first kappa shape index (κ1) is 15.3. The lowest BCUT2D eigenvalue weighted by atomic mass is 10.2. The van der Waals surface area contributed by atoms with Crippen LogP contribution < -0.4 is 0 Å². The van der Waals surface area contributed by atoms with Crippen LogP contribution in [-0.4, -0.2) is 50.1 Å². The Hall–Kier alpha value is -1.07. The van der Waals surface area contributed by atoms with E-state index in [0.717, 1.165) is 44.7 Å². The summed E-state index contributed by atoms with van der Waals surface area (Å²) >= 11 is 0. The summed E-state index contributed by atoms with van der Waals surface area (Å²) in [7, 11) is 0. The predicted octanol–water partition coefficient (Wildman–Crippen LogP) is 2.07. The Morgan fingerprint density at radius 1 is 1.30 bits per heavy atom. The van der Waals surface area contributed by atoms with Crippen molar-refractivity contribution >= 4 is 5.97 Å². The standard InChI is InChI=1S/C15H25NO4/c1-2-18-14(17)11-13(16-8-4-5-9-16)12-20-15-7-3-6-10-19-15/h11,15H,2-10,12H2,1H3. The fourth-order valence-corrected chi connectivity index (χ4v) is 2.57. The van der Waals surface area contributed by atoms with Crippen LogP contribution >= 0.6 is 0 Å². The molecule has 0 radical (unpaired) electrons. The molecule has 0 aromatic heterocycles. The highest BCUT2D eigenvalue weighted by atomic mass is 16.7. The fourth-order valence-electron chi connectivity index (χ4n) is 2.57. The van der Waals surface area contributed by atoms with E-state index in [4.69, 9.17) is 14.2 Å². The van der Waals surface area contributed by atoms with Crippen LogP contribution in [-0.2, 0) is 19.0 Å². The Morgan fingerprint density at radius 2 is 2.10 bits per heavy atom. The summed E-state index contributed by atoms with van der Waals surface area (Å²) in [6.45, 7) is 5.37. The third-order valence-corrected chi connectivity index (χ3v) is 3.64. The van der Waals surface area contributed by atoms with Crippen LogP contribution in [0.3, 0.4) is 0 Å². The molecule has 1 atom stereocenters. The number of esters is 1. The number of hydrogen-bond acceptors (Lipinski definition) is 5. The number of likely N-dealkylation sites (tertiary alicyclic amines) is 1. The van der Waals surface area contributed by atoms with E-state index >= 15 is 0 Å². The van der Waals surface area contributed by atoms with Gasteiger partial charge in [-0.2, -0.15) is 0 Å². The molecule has 2 heterocycles. The zero-order valence-electron chi connectivity index (χ0n) is 12.3. The molecule has 0 aromatic carbocycles.